The Bertz CT molecular complexity index is 1390. The van der Waals surface area contributed by atoms with E-state index in [0.717, 1.165) is 24.1 Å². The number of hydrazine groups is 1. The first-order chi connectivity index (χ1) is 18.5. The van der Waals surface area contributed by atoms with Gasteiger partial charge < -0.3 is 4.90 Å². The lowest BCUT2D eigenvalue weighted by Crippen LogP contribution is -2.59. The number of benzene rings is 2. The summed E-state index contributed by atoms with van der Waals surface area (Å²) in [6, 6.07) is 7.09. The van der Waals surface area contributed by atoms with Crippen molar-refractivity contribution < 1.29 is 27.6 Å². The van der Waals surface area contributed by atoms with Crippen LogP contribution in [-0.2, 0) is 24.4 Å². The number of anilines is 1. The Morgan fingerprint density at radius 1 is 1.15 bits per heavy atom. The zero-order valence-corrected chi connectivity index (χ0v) is 23.6. The number of nitrogens with two attached hydrogens (primary N) is 1. The number of hydrogen-bond donors (Lipinski definition) is 3. The van der Waals surface area contributed by atoms with Gasteiger partial charge in [0.1, 0.15) is 0 Å². The van der Waals surface area contributed by atoms with E-state index in [4.69, 9.17) is 33.9 Å². The van der Waals surface area contributed by atoms with Gasteiger partial charge in [0.25, 0.3) is 11.8 Å². The first kappa shape index (κ1) is 29.2. The van der Waals surface area contributed by atoms with Crippen LogP contribution in [0.15, 0.2) is 36.4 Å². The largest absolute Gasteiger partial charge is 0.326 e. The summed E-state index contributed by atoms with van der Waals surface area (Å²) in [5, 5.41) is 1.41. The van der Waals surface area contributed by atoms with Crippen LogP contribution in [0.1, 0.15) is 59.1 Å². The average molecular weight is 599 g/mol. The molecule has 0 unspecified atom stereocenters. The molecule has 0 radical (unpaired) electrons. The van der Waals surface area contributed by atoms with Gasteiger partial charge in [0.2, 0.25) is 16.4 Å². The van der Waals surface area contributed by atoms with E-state index in [1.165, 1.54) is 31.4 Å². The van der Waals surface area contributed by atoms with E-state index in [1.54, 1.807) is 17.0 Å². The maximum absolute atomic E-state index is 14.3. The molecule has 14 heteroatoms. The van der Waals surface area contributed by atoms with Crippen LogP contribution >= 0.6 is 23.2 Å². The summed E-state index contributed by atoms with van der Waals surface area (Å²) >= 11 is 12.8. The molecular formula is C25H29Cl2N5O6S. The van der Waals surface area contributed by atoms with Crippen LogP contribution in [-0.4, -0.2) is 57.0 Å². The van der Waals surface area contributed by atoms with Gasteiger partial charge >= 0.3 is 0 Å². The number of halogens is 2. The minimum atomic E-state index is -3.61. The maximum Gasteiger partial charge on any atom is 0.255 e. The highest BCUT2D eigenvalue weighted by atomic mass is 35.5. The molecule has 39 heavy (non-hydrogen) atoms. The number of hydroxylamine groups is 1. The second kappa shape index (κ2) is 11.8. The molecule has 210 valence electrons. The molecule has 0 bridgehead atoms. The number of carbonyl (C=O) groups is 3. The van der Waals surface area contributed by atoms with Gasteiger partial charge in [-0.2, -0.15) is 0 Å². The number of nitrogens with one attached hydrogen (secondary N) is 2. The normalized spacial score (nSPS) is 23.2. The van der Waals surface area contributed by atoms with E-state index in [1.807, 2.05) is 0 Å². The molecule has 1 fully saturated rings. The minimum Gasteiger partial charge on any atom is -0.326 e. The van der Waals surface area contributed by atoms with E-state index < -0.39 is 45.9 Å². The van der Waals surface area contributed by atoms with Crippen LogP contribution in [0.2, 0.25) is 10.0 Å². The van der Waals surface area contributed by atoms with Gasteiger partial charge in [-0.25, -0.2) is 24.5 Å². The number of amides is 3. The molecule has 1 aliphatic heterocycles. The summed E-state index contributed by atoms with van der Waals surface area (Å²) in [6.07, 6.45) is 3.99. The molecule has 4 rings (SSSR count). The maximum atomic E-state index is 14.3. The Kier molecular flexibility index (Phi) is 8.84. The summed E-state index contributed by atoms with van der Waals surface area (Å²) in [7, 11) is -2.32. The Labute approximate surface area is 236 Å². The fourth-order valence-corrected chi connectivity index (χ4v) is 6.90. The molecule has 1 heterocycles. The SMILES string of the molecule is CONC(=O)[C@@H]1c2cc(N(N)C=O)ccc2C(=O)N([C@H]2CCCC[C@@H]2NS(C)(=O)=O)[C@H]1c1ccc(Cl)cc1Cl. The van der Waals surface area contributed by atoms with Crippen LogP contribution in [0.5, 0.6) is 0 Å². The summed E-state index contributed by atoms with van der Waals surface area (Å²) in [4.78, 5) is 45.8. The molecule has 1 aliphatic carbocycles. The van der Waals surface area contributed by atoms with Crippen molar-refractivity contribution in [3.05, 3.63) is 63.1 Å². The zero-order valence-electron chi connectivity index (χ0n) is 21.3. The monoisotopic (exact) mass is 597 g/mol. The second-order valence-electron chi connectivity index (χ2n) is 9.60. The molecule has 4 atom stereocenters. The third kappa shape index (κ3) is 6.06. The smallest absolute Gasteiger partial charge is 0.255 e. The van der Waals surface area contributed by atoms with Crippen molar-refractivity contribution in [1.29, 1.82) is 0 Å². The summed E-state index contributed by atoms with van der Waals surface area (Å²) in [5.41, 5.74) is 3.57. The van der Waals surface area contributed by atoms with Gasteiger partial charge in [-0.15, -0.1) is 0 Å². The summed E-state index contributed by atoms with van der Waals surface area (Å²) < 4.78 is 27.2. The van der Waals surface area contributed by atoms with E-state index in [2.05, 4.69) is 10.2 Å². The third-order valence-electron chi connectivity index (χ3n) is 7.08. The van der Waals surface area contributed by atoms with E-state index in [9.17, 15) is 22.8 Å². The molecule has 4 N–H and O–H groups in total. The number of fused-ring (bicyclic) bond motifs is 1. The van der Waals surface area contributed by atoms with Crippen molar-refractivity contribution in [2.75, 3.05) is 18.4 Å². The van der Waals surface area contributed by atoms with Crippen molar-refractivity contribution in [2.45, 2.75) is 49.7 Å². The van der Waals surface area contributed by atoms with Crippen molar-refractivity contribution in [1.82, 2.24) is 15.1 Å². The van der Waals surface area contributed by atoms with Crippen molar-refractivity contribution in [3.8, 4) is 0 Å². The molecule has 11 nitrogen and oxygen atoms in total. The minimum absolute atomic E-state index is 0.208. The predicted molar refractivity (Wildman–Crippen MR) is 146 cm³/mol. The van der Waals surface area contributed by atoms with E-state index >= 15 is 0 Å². The van der Waals surface area contributed by atoms with Crippen LogP contribution in [0.4, 0.5) is 5.69 Å². The van der Waals surface area contributed by atoms with Gasteiger partial charge in [-0.05, 0) is 54.3 Å². The fraction of sp³-hybridized carbons (Fsp3) is 0.400. The summed E-state index contributed by atoms with van der Waals surface area (Å²) in [5.74, 6) is 3.72. The number of nitrogens with zero attached hydrogens (tertiary/aromatic N) is 2. The second-order valence-corrected chi connectivity index (χ2v) is 12.2. The van der Waals surface area contributed by atoms with Crippen molar-refractivity contribution in [3.63, 3.8) is 0 Å². The van der Waals surface area contributed by atoms with Gasteiger partial charge in [-0.3, -0.25) is 24.2 Å². The van der Waals surface area contributed by atoms with Gasteiger partial charge in [0, 0.05) is 27.7 Å². The molecule has 0 aromatic heterocycles. The highest BCUT2D eigenvalue weighted by Crippen LogP contribution is 2.48. The van der Waals surface area contributed by atoms with E-state index in [0.29, 0.717) is 35.4 Å². The lowest BCUT2D eigenvalue weighted by atomic mass is 9.76. The van der Waals surface area contributed by atoms with Crippen LogP contribution in [0.3, 0.4) is 0 Å². The lowest BCUT2D eigenvalue weighted by Gasteiger charge is -2.49. The molecule has 2 aliphatic rings. The molecule has 0 spiro atoms. The fourth-order valence-electron chi connectivity index (χ4n) is 5.55. The lowest BCUT2D eigenvalue weighted by molar-refractivity contribution is -0.135. The van der Waals surface area contributed by atoms with Crippen LogP contribution in [0.25, 0.3) is 0 Å². The average Bonchev–Trinajstić information content (AvgIpc) is 2.87. The van der Waals surface area contributed by atoms with E-state index in [-0.39, 0.29) is 16.3 Å². The van der Waals surface area contributed by atoms with Gasteiger partial charge in [0.05, 0.1) is 31.0 Å². The number of sulfonamides is 1. The Morgan fingerprint density at radius 3 is 2.51 bits per heavy atom. The highest BCUT2D eigenvalue weighted by Gasteiger charge is 2.49. The topological polar surface area (TPSA) is 151 Å². The standard InChI is InChI=1S/C25H29Cl2N5O6S/c1-38-29-24(34)22-18-12-15(31(28)13-33)8-10-16(18)25(35)32(23(22)17-9-7-14(26)11-19(17)27)21-6-4-3-5-20(21)30-39(2,36)37/h7-13,20-23,30H,3-6,28H2,1-2H3,(H,29,34)/t20-,21-,22+,23-/m0/s1. The first-order valence-electron chi connectivity index (χ1n) is 12.2. The predicted octanol–water partition coefficient (Wildman–Crippen LogP) is 2.65. The van der Waals surface area contributed by atoms with Crippen LogP contribution in [0, 0.1) is 0 Å². The van der Waals surface area contributed by atoms with Gasteiger partial charge in [0.15, 0.2) is 0 Å². The molecular weight excluding hydrogens is 569 g/mol. The third-order valence-corrected chi connectivity index (χ3v) is 8.37. The molecule has 0 saturated heterocycles. The summed E-state index contributed by atoms with van der Waals surface area (Å²) in [6.45, 7) is 0. The van der Waals surface area contributed by atoms with Crippen molar-refractivity contribution >= 4 is 57.1 Å². The molecule has 1 saturated carbocycles. The van der Waals surface area contributed by atoms with Crippen LogP contribution < -0.4 is 21.1 Å². The number of rotatable bonds is 8. The Hall–Kier alpha value is -2.74. The Balaban J connectivity index is 1.99. The highest BCUT2D eigenvalue weighted by molar-refractivity contribution is 7.88. The zero-order chi connectivity index (χ0) is 28.5. The first-order valence-corrected chi connectivity index (χ1v) is 14.8. The molecule has 2 aromatic carbocycles. The number of hydrogen-bond acceptors (Lipinski definition) is 7. The molecule has 2 aromatic rings. The molecule has 3 amide bonds. The van der Waals surface area contributed by atoms with Gasteiger partial charge in [-0.1, -0.05) is 42.1 Å². The Morgan fingerprint density at radius 2 is 1.87 bits per heavy atom. The number of carbonyl (C=O) groups excluding carboxylic acids is 3. The van der Waals surface area contributed by atoms with Crippen molar-refractivity contribution in [2.24, 2.45) is 5.84 Å². The quantitative estimate of drug-likeness (QED) is 0.183.